The van der Waals surface area contributed by atoms with Gasteiger partial charge in [-0.3, -0.25) is 0 Å². The van der Waals surface area contributed by atoms with Crippen molar-refractivity contribution in [2.75, 3.05) is 0 Å². The standard InChI is InChI=1S/C11H6N4/c1-12-10-4-2-3-9-8(10)5-6-15-11(9)13-7-14-15/h2-7H. The summed E-state index contributed by atoms with van der Waals surface area (Å²) in [7, 11) is 0. The maximum Gasteiger partial charge on any atom is 0.195 e. The second-order valence-electron chi connectivity index (χ2n) is 3.19. The van der Waals surface area contributed by atoms with Crippen molar-refractivity contribution in [2.45, 2.75) is 0 Å². The maximum atomic E-state index is 7.08. The van der Waals surface area contributed by atoms with E-state index in [4.69, 9.17) is 6.57 Å². The van der Waals surface area contributed by atoms with Gasteiger partial charge < -0.3 is 0 Å². The van der Waals surface area contributed by atoms with Crippen LogP contribution in [0.2, 0.25) is 0 Å². The molecule has 0 unspecified atom stereocenters. The van der Waals surface area contributed by atoms with Gasteiger partial charge in [-0.15, -0.1) is 0 Å². The molecule has 0 atom stereocenters. The van der Waals surface area contributed by atoms with Crippen molar-refractivity contribution in [3.05, 3.63) is 48.2 Å². The molecule has 3 aromatic rings. The first-order valence-corrected chi connectivity index (χ1v) is 4.49. The van der Waals surface area contributed by atoms with Crippen LogP contribution in [-0.2, 0) is 0 Å². The third-order valence-corrected chi connectivity index (χ3v) is 2.40. The van der Waals surface area contributed by atoms with Gasteiger partial charge in [0, 0.05) is 11.6 Å². The van der Waals surface area contributed by atoms with Crippen molar-refractivity contribution in [2.24, 2.45) is 0 Å². The van der Waals surface area contributed by atoms with Crippen LogP contribution in [0.4, 0.5) is 5.69 Å². The highest BCUT2D eigenvalue weighted by atomic mass is 15.3. The fourth-order valence-electron chi connectivity index (χ4n) is 1.72. The van der Waals surface area contributed by atoms with E-state index in [1.807, 2.05) is 30.5 Å². The molecule has 4 heteroatoms. The fourth-order valence-corrected chi connectivity index (χ4v) is 1.72. The summed E-state index contributed by atoms with van der Waals surface area (Å²) in [6.45, 7) is 7.08. The van der Waals surface area contributed by atoms with Gasteiger partial charge in [0.15, 0.2) is 11.3 Å². The van der Waals surface area contributed by atoms with Crippen LogP contribution in [0.1, 0.15) is 0 Å². The van der Waals surface area contributed by atoms with Crippen LogP contribution in [0, 0.1) is 6.57 Å². The SMILES string of the molecule is [C-]#[N+]c1cccc2c1ccn1ncnc21. The Balaban J connectivity index is 2.61. The lowest BCUT2D eigenvalue weighted by Gasteiger charge is -2.00. The number of aromatic nitrogens is 3. The van der Waals surface area contributed by atoms with Gasteiger partial charge >= 0.3 is 0 Å². The first-order chi connectivity index (χ1) is 7.40. The Morgan fingerprint density at radius 1 is 1.20 bits per heavy atom. The minimum atomic E-state index is 0.651. The van der Waals surface area contributed by atoms with Crippen LogP contribution in [0.5, 0.6) is 0 Å². The molecule has 15 heavy (non-hydrogen) atoms. The molecule has 0 aliphatic rings. The third-order valence-electron chi connectivity index (χ3n) is 2.40. The van der Waals surface area contributed by atoms with Crippen molar-refractivity contribution in [1.82, 2.24) is 14.6 Å². The Morgan fingerprint density at radius 3 is 3.00 bits per heavy atom. The van der Waals surface area contributed by atoms with E-state index < -0.39 is 0 Å². The van der Waals surface area contributed by atoms with Gasteiger partial charge in [-0.05, 0) is 11.5 Å². The average molecular weight is 194 g/mol. The van der Waals surface area contributed by atoms with Crippen LogP contribution in [-0.4, -0.2) is 14.6 Å². The summed E-state index contributed by atoms with van der Waals surface area (Å²) in [5.74, 6) is 0. The molecule has 0 fully saturated rings. The normalized spacial score (nSPS) is 10.6. The van der Waals surface area contributed by atoms with Gasteiger partial charge in [0.25, 0.3) is 0 Å². The summed E-state index contributed by atoms with van der Waals surface area (Å²) in [5.41, 5.74) is 1.44. The molecule has 0 radical (unpaired) electrons. The smallest absolute Gasteiger partial charge is 0.195 e. The van der Waals surface area contributed by atoms with Crippen LogP contribution in [0.15, 0.2) is 36.8 Å². The Kier molecular flexibility index (Phi) is 1.48. The van der Waals surface area contributed by atoms with Crippen molar-refractivity contribution in [3.8, 4) is 0 Å². The minimum Gasteiger partial charge on any atom is -0.238 e. The van der Waals surface area contributed by atoms with Gasteiger partial charge in [-0.1, -0.05) is 18.2 Å². The summed E-state index contributed by atoms with van der Waals surface area (Å²) in [5, 5.41) is 5.94. The molecule has 0 spiro atoms. The van der Waals surface area contributed by atoms with Gasteiger partial charge in [0.05, 0.1) is 6.57 Å². The molecule has 0 saturated carbocycles. The lowest BCUT2D eigenvalue weighted by atomic mass is 10.1. The highest BCUT2D eigenvalue weighted by Crippen LogP contribution is 2.27. The summed E-state index contributed by atoms with van der Waals surface area (Å²) in [6, 6.07) is 7.52. The second-order valence-corrected chi connectivity index (χ2v) is 3.19. The van der Waals surface area contributed by atoms with E-state index in [0.29, 0.717) is 5.69 Å². The molecule has 4 nitrogen and oxygen atoms in total. The Labute approximate surface area is 85.6 Å². The monoisotopic (exact) mass is 194 g/mol. The zero-order valence-electron chi connectivity index (χ0n) is 7.75. The zero-order chi connectivity index (χ0) is 10.3. The van der Waals surface area contributed by atoms with Crippen molar-refractivity contribution < 1.29 is 0 Å². The van der Waals surface area contributed by atoms with Crippen LogP contribution in [0.3, 0.4) is 0 Å². The van der Waals surface area contributed by atoms with E-state index in [1.165, 1.54) is 6.33 Å². The molecular weight excluding hydrogens is 188 g/mol. The molecule has 0 aliphatic heterocycles. The number of hydrogen-bond donors (Lipinski definition) is 0. The second kappa shape index (κ2) is 2.79. The number of nitrogens with zero attached hydrogens (tertiary/aromatic N) is 4. The molecule has 0 N–H and O–H groups in total. The molecule has 0 bridgehead atoms. The zero-order valence-corrected chi connectivity index (χ0v) is 7.75. The highest BCUT2D eigenvalue weighted by Gasteiger charge is 2.05. The van der Waals surface area contributed by atoms with E-state index in [-0.39, 0.29) is 0 Å². The topological polar surface area (TPSA) is 34.5 Å². The Bertz CT molecular complexity index is 690. The predicted molar refractivity (Wildman–Crippen MR) is 56.8 cm³/mol. The Hall–Kier alpha value is -2.41. The lowest BCUT2D eigenvalue weighted by molar-refractivity contribution is 0.967. The molecule has 2 aromatic heterocycles. The number of fused-ring (bicyclic) bond motifs is 3. The van der Waals surface area contributed by atoms with Gasteiger partial charge in [0.1, 0.15) is 6.33 Å². The van der Waals surface area contributed by atoms with E-state index in [1.54, 1.807) is 4.52 Å². The van der Waals surface area contributed by atoms with Gasteiger partial charge in [-0.25, -0.2) is 14.3 Å². The third kappa shape index (κ3) is 1.00. The van der Waals surface area contributed by atoms with Crippen molar-refractivity contribution in [1.29, 1.82) is 0 Å². The fraction of sp³-hybridized carbons (Fsp3) is 0. The molecule has 2 heterocycles. The summed E-state index contributed by atoms with van der Waals surface area (Å²) < 4.78 is 1.70. The highest BCUT2D eigenvalue weighted by molar-refractivity contribution is 6.01. The van der Waals surface area contributed by atoms with Crippen molar-refractivity contribution >= 4 is 22.1 Å². The maximum absolute atomic E-state index is 7.08. The quantitative estimate of drug-likeness (QED) is 0.515. The van der Waals surface area contributed by atoms with Crippen LogP contribution < -0.4 is 0 Å². The predicted octanol–water partition coefficient (Wildman–Crippen LogP) is 2.43. The molecular formula is C11H6N4. The van der Waals surface area contributed by atoms with E-state index in [9.17, 15) is 0 Å². The summed E-state index contributed by atoms with van der Waals surface area (Å²) >= 11 is 0. The molecule has 3 rings (SSSR count). The number of rotatable bonds is 0. The number of pyridine rings is 1. The molecule has 0 aliphatic carbocycles. The van der Waals surface area contributed by atoms with Crippen molar-refractivity contribution in [3.63, 3.8) is 0 Å². The molecule has 0 saturated heterocycles. The Morgan fingerprint density at radius 2 is 2.13 bits per heavy atom. The van der Waals surface area contributed by atoms with E-state index in [2.05, 4.69) is 14.9 Å². The molecule has 70 valence electrons. The van der Waals surface area contributed by atoms with E-state index in [0.717, 1.165) is 16.4 Å². The molecule has 0 amide bonds. The van der Waals surface area contributed by atoms with Crippen LogP contribution >= 0.6 is 0 Å². The lowest BCUT2D eigenvalue weighted by Crippen LogP contribution is -1.87. The minimum absolute atomic E-state index is 0.651. The number of benzene rings is 1. The largest absolute Gasteiger partial charge is 0.238 e. The first-order valence-electron chi connectivity index (χ1n) is 4.49. The van der Waals surface area contributed by atoms with Gasteiger partial charge in [0.2, 0.25) is 0 Å². The molecule has 1 aromatic carbocycles. The summed E-state index contributed by atoms with van der Waals surface area (Å²) in [6.07, 6.45) is 3.33. The van der Waals surface area contributed by atoms with E-state index >= 15 is 0 Å². The number of hydrogen-bond acceptors (Lipinski definition) is 2. The van der Waals surface area contributed by atoms with Crippen LogP contribution in [0.25, 0.3) is 21.3 Å². The first kappa shape index (κ1) is 7.94. The summed E-state index contributed by atoms with van der Waals surface area (Å²) in [4.78, 5) is 7.65. The van der Waals surface area contributed by atoms with Gasteiger partial charge in [-0.2, -0.15) is 5.10 Å². The average Bonchev–Trinajstić information content (AvgIpc) is 2.76.